The van der Waals surface area contributed by atoms with Gasteiger partial charge in [0.05, 0.1) is 20.3 Å². The number of ether oxygens (including phenoxy) is 2. The summed E-state index contributed by atoms with van der Waals surface area (Å²) in [5.41, 5.74) is 8.37. The Labute approximate surface area is 178 Å². The highest BCUT2D eigenvalue weighted by molar-refractivity contribution is 5.94. The summed E-state index contributed by atoms with van der Waals surface area (Å²) in [7, 11) is 3.12. The van der Waals surface area contributed by atoms with Crippen molar-refractivity contribution in [2.75, 3.05) is 20.8 Å². The van der Waals surface area contributed by atoms with Gasteiger partial charge in [-0.2, -0.15) is 0 Å². The van der Waals surface area contributed by atoms with Crippen LogP contribution in [0.25, 0.3) is 6.08 Å². The molecule has 0 bridgehead atoms. The van der Waals surface area contributed by atoms with E-state index in [2.05, 4.69) is 19.1 Å². The number of amides is 2. The van der Waals surface area contributed by atoms with Crippen LogP contribution in [0.15, 0.2) is 48.5 Å². The van der Waals surface area contributed by atoms with E-state index in [0.717, 1.165) is 24.0 Å². The molecular weight excluding hydrogens is 380 g/mol. The molecule has 0 fully saturated rings. The number of hydrogen-bond acceptors (Lipinski definition) is 4. The maximum Gasteiger partial charge on any atom is 0.247 e. The third kappa shape index (κ3) is 6.11. The predicted molar refractivity (Wildman–Crippen MR) is 118 cm³/mol. The highest BCUT2D eigenvalue weighted by Gasteiger charge is 2.21. The average molecular weight is 411 g/mol. The molecule has 2 N–H and O–H groups in total. The van der Waals surface area contributed by atoms with Crippen molar-refractivity contribution in [3.05, 3.63) is 65.2 Å². The van der Waals surface area contributed by atoms with Crippen LogP contribution in [0.5, 0.6) is 11.5 Å². The van der Waals surface area contributed by atoms with E-state index in [4.69, 9.17) is 15.2 Å². The first kappa shape index (κ1) is 23.0. The minimum Gasteiger partial charge on any atom is -0.493 e. The minimum absolute atomic E-state index is 0.160. The first-order chi connectivity index (χ1) is 14.4. The number of carbonyl (C=O) groups is 2. The van der Waals surface area contributed by atoms with Gasteiger partial charge in [0.1, 0.15) is 6.54 Å². The zero-order chi connectivity index (χ0) is 22.1. The van der Waals surface area contributed by atoms with Crippen molar-refractivity contribution < 1.29 is 19.1 Å². The van der Waals surface area contributed by atoms with Crippen LogP contribution in [-0.2, 0) is 16.0 Å². The summed E-state index contributed by atoms with van der Waals surface area (Å²) >= 11 is 0. The second kappa shape index (κ2) is 11.0. The van der Waals surface area contributed by atoms with Gasteiger partial charge in [-0.15, -0.1) is 0 Å². The molecule has 0 aromatic heterocycles. The number of carbonyl (C=O) groups excluding carboxylic acids is 2. The molecule has 0 radical (unpaired) electrons. The van der Waals surface area contributed by atoms with Gasteiger partial charge in [0.15, 0.2) is 11.5 Å². The molecule has 2 aromatic carbocycles. The standard InChI is InChI=1S/C24H30N2O4/c1-5-6-18-7-11-20(12-8-18)17(2)26(16-23(25)27)24(28)14-10-19-9-13-21(29-3)22(15-19)30-4/h7-15,17H,5-6,16H2,1-4H3,(H2,25,27)/b14-10+/t17-/m1/s1. The molecule has 0 saturated carbocycles. The maximum absolute atomic E-state index is 12.9. The lowest BCUT2D eigenvalue weighted by Gasteiger charge is -2.27. The Balaban J connectivity index is 2.22. The van der Waals surface area contributed by atoms with E-state index >= 15 is 0 Å². The van der Waals surface area contributed by atoms with E-state index in [1.54, 1.807) is 32.4 Å². The minimum atomic E-state index is -0.558. The zero-order valence-corrected chi connectivity index (χ0v) is 18.1. The van der Waals surface area contributed by atoms with Crippen LogP contribution in [0.2, 0.25) is 0 Å². The molecule has 0 saturated heterocycles. The summed E-state index contributed by atoms with van der Waals surface area (Å²) in [5.74, 6) is 0.323. The number of primary amides is 1. The number of nitrogens with zero attached hydrogens (tertiary/aromatic N) is 1. The van der Waals surface area contributed by atoms with Gasteiger partial charge in [-0.1, -0.05) is 43.7 Å². The largest absolute Gasteiger partial charge is 0.493 e. The highest BCUT2D eigenvalue weighted by atomic mass is 16.5. The molecule has 1 atom stereocenters. The third-order valence-corrected chi connectivity index (χ3v) is 4.90. The first-order valence-corrected chi connectivity index (χ1v) is 9.97. The zero-order valence-electron chi connectivity index (χ0n) is 18.1. The average Bonchev–Trinajstić information content (AvgIpc) is 2.75. The molecule has 2 aromatic rings. The molecule has 0 aliphatic rings. The van der Waals surface area contributed by atoms with E-state index in [1.165, 1.54) is 16.5 Å². The normalized spacial score (nSPS) is 11.9. The summed E-state index contributed by atoms with van der Waals surface area (Å²) < 4.78 is 10.5. The number of methoxy groups -OCH3 is 2. The van der Waals surface area contributed by atoms with Crippen LogP contribution >= 0.6 is 0 Å². The second-order valence-electron chi connectivity index (χ2n) is 7.05. The van der Waals surface area contributed by atoms with Gasteiger partial charge in [0.2, 0.25) is 11.8 Å². The lowest BCUT2D eigenvalue weighted by molar-refractivity contribution is -0.133. The number of rotatable bonds is 10. The second-order valence-corrected chi connectivity index (χ2v) is 7.05. The fraction of sp³-hybridized carbons (Fsp3) is 0.333. The van der Waals surface area contributed by atoms with Crippen molar-refractivity contribution in [3.63, 3.8) is 0 Å². The van der Waals surface area contributed by atoms with Crippen LogP contribution < -0.4 is 15.2 Å². The van der Waals surface area contributed by atoms with Gasteiger partial charge >= 0.3 is 0 Å². The molecular formula is C24H30N2O4. The van der Waals surface area contributed by atoms with Crippen molar-refractivity contribution in [3.8, 4) is 11.5 Å². The number of hydrogen-bond donors (Lipinski definition) is 1. The van der Waals surface area contributed by atoms with E-state index in [0.29, 0.717) is 11.5 Å². The van der Waals surface area contributed by atoms with Crippen molar-refractivity contribution in [2.24, 2.45) is 5.73 Å². The van der Waals surface area contributed by atoms with E-state index in [9.17, 15) is 9.59 Å². The summed E-state index contributed by atoms with van der Waals surface area (Å²) in [6.45, 7) is 3.86. The smallest absolute Gasteiger partial charge is 0.247 e. The summed E-state index contributed by atoms with van der Waals surface area (Å²) in [4.78, 5) is 25.9. The SMILES string of the molecule is CCCc1ccc([C@@H](C)N(CC(N)=O)C(=O)/C=C/c2ccc(OC)c(OC)c2)cc1. The molecule has 0 heterocycles. The molecule has 0 spiro atoms. The Hall–Kier alpha value is -3.28. The Morgan fingerprint density at radius 2 is 1.73 bits per heavy atom. The van der Waals surface area contributed by atoms with Gasteiger partial charge in [0.25, 0.3) is 0 Å². The van der Waals surface area contributed by atoms with E-state index in [-0.39, 0.29) is 18.5 Å². The number of aryl methyl sites for hydroxylation is 1. The highest BCUT2D eigenvalue weighted by Crippen LogP contribution is 2.28. The number of nitrogens with two attached hydrogens (primary N) is 1. The molecule has 0 unspecified atom stereocenters. The Morgan fingerprint density at radius 1 is 1.07 bits per heavy atom. The molecule has 0 aliphatic heterocycles. The van der Waals surface area contributed by atoms with Crippen molar-refractivity contribution in [2.45, 2.75) is 32.7 Å². The van der Waals surface area contributed by atoms with Crippen LogP contribution in [-0.4, -0.2) is 37.5 Å². The fourth-order valence-corrected chi connectivity index (χ4v) is 3.22. The topological polar surface area (TPSA) is 81.9 Å². The lowest BCUT2D eigenvalue weighted by Crippen LogP contribution is -2.39. The van der Waals surface area contributed by atoms with Crippen LogP contribution in [0, 0.1) is 0 Å². The summed E-state index contributed by atoms with van der Waals surface area (Å²) in [6.07, 6.45) is 5.19. The van der Waals surface area contributed by atoms with Gasteiger partial charge < -0.3 is 20.1 Å². The van der Waals surface area contributed by atoms with Crippen molar-refractivity contribution in [1.82, 2.24) is 4.90 Å². The lowest BCUT2D eigenvalue weighted by atomic mass is 10.0. The molecule has 160 valence electrons. The molecule has 30 heavy (non-hydrogen) atoms. The Bertz CT molecular complexity index is 891. The number of benzene rings is 2. The van der Waals surface area contributed by atoms with E-state index in [1.807, 2.05) is 25.1 Å². The van der Waals surface area contributed by atoms with Crippen LogP contribution in [0.1, 0.15) is 43.0 Å². The van der Waals surface area contributed by atoms with Crippen molar-refractivity contribution in [1.29, 1.82) is 0 Å². The Morgan fingerprint density at radius 3 is 2.30 bits per heavy atom. The molecule has 6 heteroatoms. The van der Waals surface area contributed by atoms with Gasteiger partial charge in [0, 0.05) is 6.08 Å². The van der Waals surface area contributed by atoms with Gasteiger partial charge in [-0.05, 0) is 48.2 Å². The molecule has 2 rings (SSSR count). The molecule has 0 aliphatic carbocycles. The predicted octanol–water partition coefficient (Wildman–Crippen LogP) is 3.74. The Kier molecular flexibility index (Phi) is 8.47. The van der Waals surface area contributed by atoms with Crippen molar-refractivity contribution >= 4 is 17.9 Å². The summed E-state index contributed by atoms with van der Waals surface area (Å²) in [6, 6.07) is 13.2. The maximum atomic E-state index is 12.9. The molecule has 2 amide bonds. The summed E-state index contributed by atoms with van der Waals surface area (Å²) in [5, 5.41) is 0. The quantitative estimate of drug-likeness (QED) is 0.605. The van der Waals surface area contributed by atoms with Crippen LogP contribution in [0.4, 0.5) is 0 Å². The van der Waals surface area contributed by atoms with Gasteiger partial charge in [-0.3, -0.25) is 9.59 Å². The van der Waals surface area contributed by atoms with Gasteiger partial charge in [-0.25, -0.2) is 0 Å². The fourth-order valence-electron chi connectivity index (χ4n) is 3.22. The van der Waals surface area contributed by atoms with Crippen LogP contribution in [0.3, 0.4) is 0 Å². The van der Waals surface area contributed by atoms with E-state index < -0.39 is 5.91 Å². The third-order valence-electron chi connectivity index (χ3n) is 4.90. The first-order valence-electron chi connectivity index (χ1n) is 9.97. The molecule has 6 nitrogen and oxygen atoms in total. The monoisotopic (exact) mass is 410 g/mol.